The van der Waals surface area contributed by atoms with Gasteiger partial charge in [-0.15, -0.1) is 6.42 Å². The molecule has 4 N–H and O–H groups in total. The molecule has 222 valence electrons. The number of halogens is 2. The lowest BCUT2D eigenvalue weighted by molar-refractivity contribution is 0.0697. The number of nitrogens with zero attached hydrogens (tertiary/aromatic N) is 2. The standard InChI is InChI=1S/C18H18FN3O2.C13H11FN2O3/c1-5-18(2,3)22-17(23)13-7-6-10-20-16(13)21-15-11-12(24-4)8-9-14(15)19;1-19-8-4-5-10(14)11(7-8)16-12-9(13(17)18)3-2-6-15-12/h1,6-11H,2-4H3,(H,20,21)(H,22,23);2-7H,1H3,(H,15,16)(H,17,18). The molecule has 2 aromatic heterocycles. The average molecular weight is 590 g/mol. The van der Waals surface area contributed by atoms with Crippen molar-refractivity contribution < 1.29 is 33.0 Å². The topological polar surface area (TPSA) is 135 Å². The molecule has 0 aliphatic carbocycles. The number of anilines is 4. The van der Waals surface area contributed by atoms with Gasteiger partial charge in [0.05, 0.1) is 36.7 Å². The molecule has 0 radical (unpaired) electrons. The first-order chi connectivity index (χ1) is 20.5. The molecule has 0 saturated carbocycles. The Bertz CT molecular complexity index is 1660. The fraction of sp³-hybridized carbons (Fsp3) is 0.161. The van der Waals surface area contributed by atoms with E-state index in [1.165, 1.54) is 75.1 Å². The van der Waals surface area contributed by atoms with Gasteiger partial charge in [-0.1, -0.05) is 5.92 Å². The van der Waals surface area contributed by atoms with Gasteiger partial charge in [0, 0.05) is 24.5 Å². The Balaban J connectivity index is 0.000000242. The first-order valence-corrected chi connectivity index (χ1v) is 12.6. The van der Waals surface area contributed by atoms with Gasteiger partial charge in [-0.2, -0.15) is 0 Å². The second-order valence-corrected chi connectivity index (χ2v) is 9.27. The van der Waals surface area contributed by atoms with Crippen LogP contribution < -0.4 is 25.4 Å². The molecular formula is C31H29F2N5O5. The smallest absolute Gasteiger partial charge is 0.339 e. The number of benzene rings is 2. The SMILES string of the molecule is C#CC(C)(C)NC(=O)c1cccnc1Nc1cc(OC)ccc1F.COc1ccc(F)c(Nc2ncccc2C(=O)O)c1. The maximum atomic E-state index is 14.0. The van der Waals surface area contributed by atoms with Gasteiger partial charge in [0.2, 0.25) is 0 Å². The molecule has 0 saturated heterocycles. The van der Waals surface area contributed by atoms with Crippen molar-refractivity contribution in [2.45, 2.75) is 19.4 Å². The molecule has 4 rings (SSSR count). The number of pyridine rings is 2. The number of amides is 1. The van der Waals surface area contributed by atoms with E-state index < -0.39 is 29.0 Å². The predicted octanol–water partition coefficient (Wildman–Crippen LogP) is 5.79. The van der Waals surface area contributed by atoms with Crippen LogP contribution in [-0.4, -0.2) is 46.7 Å². The summed E-state index contributed by atoms with van der Waals surface area (Å²) in [5.41, 5.74) is -0.350. The molecule has 2 aromatic carbocycles. The van der Waals surface area contributed by atoms with E-state index in [4.69, 9.17) is 21.0 Å². The van der Waals surface area contributed by atoms with Gasteiger partial charge < -0.3 is 30.5 Å². The number of ether oxygens (including phenoxy) is 2. The van der Waals surface area contributed by atoms with Gasteiger partial charge in [-0.25, -0.2) is 23.5 Å². The molecule has 0 spiro atoms. The van der Waals surface area contributed by atoms with Crippen molar-refractivity contribution in [2.24, 2.45) is 0 Å². The van der Waals surface area contributed by atoms with E-state index in [0.29, 0.717) is 11.5 Å². The highest BCUT2D eigenvalue weighted by Crippen LogP contribution is 2.27. The maximum Gasteiger partial charge on any atom is 0.339 e. The molecule has 2 heterocycles. The van der Waals surface area contributed by atoms with Gasteiger partial charge in [0.15, 0.2) is 0 Å². The van der Waals surface area contributed by atoms with E-state index in [-0.39, 0.29) is 34.1 Å². The minimum atomic E-state index is -1.14. The van der Waals surface area contributed by atoms with Crippen LogP contribution in [-0.2, 0) is 0 Å². The second-order valence-electron chi connectivity index (χ2n) is 9.27. The van der Waals surface area contributed by atoms with E-state index in [1.807, 2.05) is 0 Å². The lowest BCUT2D eigenvalue weighted by Gasteiger charge is -2.20. The Morgan fingerprint density at radius 3 is 1.74 bits per heavy atom. The van der Waals surface area contributed by atoms with E-state index >= 15 is 0 Å². The molecule has 0 atom stereocenters. The van der Waals surface area contributed by atoms with E-state index in [0.717, 1.165) is 0 Å². The third-order valence-electron chi connectivity index (χ3n) is 5.73. The van der Waals surface area contributed by atoms with Crippen LogP contribution in [0.25, 0.3) is 0 Å². The van der Waals surface area contributed by atoms with Crippen molar-refractivity contribution in [1.29, 1.82) is 0 Å². The van der Waals surface area contributed by atoms with E-state index in [9.17, 15) is 18.4 Å². The van der Waals surface area contributed by atoms with Crippen molar-refractivity contribution >= 4 is 34.9 Å². The zero-order chi connectivity index (χ0) is 31.6. The monoisotopic (exact) mass is 589 g/mol. The van der Waals surface area contributed by atoms with Crippen molar-refractivity contribution in [2.75, 3.05) is 24.9 Å². The van der Waals surface area contributed by atoms with Crippen LogP contribution in [0.5, 0.6) is 11.5 Å². The first-order valence-electron chi connectivity index (χ1n) is 12.6. The number of carboxylic acid groups (broad SMARTS) is 1. The van der Waals surface area contributed by atoms with Gasteiger partial charge in [-0.3, -0.25) is 4.79 Å². The zero-order valence-electron chi connectivity index (χ0n) is 23.7. The number of hydrogen-bond donors (Lipinski definition) is 4. The summed E-state index contributed by atoms with van der Waals surface area (Å²) in [4.78, 5) is 31.5. The number of carbonyl (C=O) groups excluding carboxylic acids is 1. The van der Waals surface area contributed by atoms with Crippen molar-refractivity contribution in [3.8, 4) is 23.8 Å². The number of nitrogens with one attached hydrogen (secondary N) is 3. The molecule has 0 unspecified atom stereocenters. The number of carboxylic acids is 1. The van der Waals surface area contributed by atoms with Gasteiger partial charge in [0.25, 0.3) is 5.91 Å². The minimum Gasteiger partial charge on any atom is -0.497 e. The number of aromatic nitrogens is 2. The van der Waals surface area contributed by atoms with Crippen LogP contribution in [0.2, 0.25) is 0 Å². The van der Waals surface area contributed by atoms with Crippen LogP contribution in [0.4, 0.5) is 31.8 Å². The molecule has 12 heteroatoms. The third kappa shape index (κ3) is 8.64. The molecular weight excluding hydrogens is 560 g/mol. The number of methoxy groups -OCH3 is 2. The fourth-order valence-corrected chi connectivity index (χ4v) is 3.46. The number of aromatic carboxylic acids is 1. The van der Waals surface area contributed by atoms with Crippen LogP contribution in [0.15, 0.2) is 73.1 Å². The normalized spacial score (nSPS) is 10.3. The highest BCUT2D eigenvalue weighted by molar-refractivity contribution is 6.00. The second kappa shape index (κ2) is 14.3. The maximum absolute atomic E-state index is 14.0. The van der Waals surface area contributed by atoms with E-state index in [1.54, 1.807) is 26.0 Å². The average Bonchev–Trinajstić information content (AvgIpc) is 3.00. The Kier molecular flexibility index (Phi) is 10.6. The molecule has 43 heavy (non-hydrogen) atoms. The summed E-state index contributed by atoms with van der Waals surface area (Å²) >= 11 is 0. The van der Waals surface area contributed by atoms with Crippen molar-refractivity contribution in [3.63, 3.8) is 0 Å². The summed E-state index contributed by atoms with van der Waals surface area (Å²) in [6.07, 6.45) is 8.31. The molecule has 1 amide bonds. The largest absolute Gasteiger partial charge is 0.497 e. The number of hydrogen-bond acceptors (Lipinski definition) is 8. The summed E-state index contributed by atoms with van der Waals surface area (Å²) in [6.45, 7) is 3.41. The van der Waals surface area contributed by atoms with Gasteiger partial charge in [-0.05, 0) is 62.4 Å². The number of carbonyl (C=O) groups is 2. The molecule has 0 fully saturated rings. The summed E-state index contributed by atoms with van der Waals surface area (Å²) in [7, 11) is 2.94. The van der Waals surface area contributed by atoms with Crippen molar-refractivity contribution in [1.82, 2.24) is 15.3 Å². The Morgan fingerprint density at radius 1 is 0.837 bits per heavy atom. The van der Waals surface area contributed by atoms with Crippen LogP contribution in [0.1, 0.15) is 34.6 Å². The Morgan fingerprint density at radius 2 is 1.30 bits per heavy atom. The number of terminal acetylenes is 1. The lowest BCUT2D eigenvalue weighted by Crippen LogP contribution is -2.42. The summed E-state index contributed by atoms with van der Waals surface area (Å²) in [6, 6.07) is 14.5. The molecule has 0 aliphatic heterocycles. The highest BCUT2D eigenvalue weighted by Gasteiger charge is 2.21. The first kappa shape index (κ1) is 31.8. The molecule has 0 aliphatic rings. The quantitative estimate of drug-likeness (QED) is 0.179. The predicted molar refractivity (Wildman–Crippen MR) is 158 cm³/mol. The minimum absolute atomic E-state index is 0.0373. The van der Waals surface area contributed by atoms with E-state index in [2.05, 4.69) is 31.8 Å². The van der Waals surface area contributed by atoms with Crippen LogP contribution >= 0.6 is 0 Å². The Labute approximate surface area is 247 Å². The van der Waals surface area contributed by atoms with Crippen LogP contribution in [0, 0.1) is 24.0 Å². The summed E-state index contributed by atoms with van der Waals surface area (Å²) in [5.74, 6) is 1.15. The highest BCUT2D eigenvalue weighted by atomic mass is 19.1. The Hall–Kier alpha value is -5.70. The summed E-state index contributed by atoms with van der Waals surface area (Å²) in [5, 5.41) is 17.2. The molecule has 10 nitrogen and oxygen atoms in total. The number of rotatable bonds is 9. The zero-order valence-corrected chi connectivity index (χ0v) is 23.7. The fourth-order valence-electron chi connectivity index (χ4n) is 3.46. The van der Waals surface area contributed by atoms with Crippen LogP contribution in [0.3, 0.4) is 0 Å². The molecule has 0 bridgehead atoms. The lowest BCUT2D eigenvalue weighted by atomic mass is 10.1. The summed E-state index contributed by atoms with van der Waals surface area (Å²) < 4.78 is 37.7. The molecule has 4 aromatic rings. The van der Waals surface area contributed by atoms with Crippen molar-refractivity contribution in [3.05, 3.63) is 95.8 Å². The third-order valence-corrected chi connectivity index (χ3v) is 5.73. The van der Waals surface area contributed by atoms with Gasteiger partial charge >= 0.3 is 5.97 Å². The van der Waals surface area contributed by atoms with Gasteiger partial charge in [0.1, 0.15) is 40.3 Å².